The highest BCUT2D eigenvalue weighted by atomic mass is 32.2. The van der Waals surface area contributed by atoms with Crippen molar-refractivity contribution >= 4 is 46.5 Å². The summed E-state index contributed by atoms with van der Waals surface area (Å²) in [5.41, 5.74) is 5.04. The van der Waals surface area contributed by atoms with E-state index in [1.54, 1.807) is 0 Å². The minimum Gasteiger partial charge on any atom is -0.493 e. The number of methoxy groups -OCH3 is 2. The van der Waals surface area contributed by atoms with Gasteiger partial charge in [0.1, 0.15) is 6.54 Å². The van der Waals surface area contributed by atoms with Gasteiger partial charge in [0.15, 0.2) is 11.5 Å². The number of hydrogen-bond donors (Lipinski definition) is 1. The highest BCUT2D eigenvalue weighted by Crippen LogP contribution is 2.38. The molecule has 12 nitrogen and oxygen atoms in total. The Morgan fingerprint density at radius 3 is 2.44 bits per heavy atom. The smallest absolute Gasteiger partial charge is 0.338 e. The van der Waals surface area contributed by atoms with E-state index in [4.69, 9.17) is 15.2 Å². The second-order valence-electron chi connectivity index (χ2n) is 6.68. The monoisotopic (exact) mass is 487 g/mol. The number of primary amides is 1. The normalized spacial score (nSPS) is 14.3. The second kappa shape index (κ2) is 10.0. The van der Waals surface area contributed by atoms with Gasteiger partial charge < -0.3 is 19.9 Å². The topological polar surface area (TPSA) is 168 Å². The summed E-state index contributed by atoms with van der Waals surface area (Å²) in [6, 6.07) is 8.09. The van der Waals surface area contributed by atoms with Crippen LogP contribution in [0.15, 0.2) is 41.3 Å². The van der Waals surface area contributed by atoms with E-state index in [0.29, 0.717) is 17.3 Å². The van der Waals surface area contributed by atoms with Crippen molar-refractivity contribution in [2.75, 3.05) is 20.8 Å². The van der Waals surface area contributed by atoms with E-state index in [9.17, 15) is 29.3 Å². The van der Waals surface area contributed by atoms with Crippen LogP contribution in [0.3, 0.4) is 0 Å². The van der Waals surface area contributed by atoms with Gasteiger partial charge in [-0.2, -0.15) is 0 Å². The third-order valence-corrected chi connectivity index (χ3v) is 5.38. The maximum atomic E-state index is 12.4. The second-order valence-corrected chi connectivity index (χ2v) is 7.67. The standard InChI is InChI=1S/C21H17N3O9S/c1-31-16-7-11(8-17-19(26)23(10-18(22)25)21(28)34-17)3-5-15(16)33-14-6-4-12(20(27)32-2)9-13(14)24(29)30/h3-9H,10H2,1-2H3,(H2,22,25)/b17-8-. The third kappa shape index (κ3) is 5.15. The highest BCUT2D eigenvalue weighted by molar-refractivity contribution is 8.18. The van der Waals surface area contributed by atoms with Crippen LogP contribution in [0.25, 0.3) is 6.08 Å². The molecule has 0 aliphatic carbocycles. The van der Waals surface area contributed by atoms with Crippen molar-refractivity contribution in [2.45, 2.75) is 0 Å². The molecular weight excluding hydrogens is 470 g/mol. The summed E-state index contributed by atoms with van der Waals surface area (Å²) in [6.45, 7) is -0.522. The number of imide groups is 1. The minimum absolute atomic E-state index is 0.0193. The van der Waals surface area contributed by atoms with Gasteiger partial charge in [0.05, 0.1) is 29.6 Å². The lowest BCUT2D eigenvalue weighted by molar-refractivity contribution is -0.385. The largest absolute Gasteiger partial charge is 0.493 e. The Bertz CT molecular complexity index is 1240. The summed E-state index contributed by atoms with van der Waals surface area (Å²) in [5, 5.41) is 10.8. The predicted molar refractivity (Wildman–Crippen MR) is 119 cm³/mol. The van der Waals surface area contributed by atoms with Gasteiger partial charge in [-0.1, -0.05) is 6.07 Å². The first-order chi connectivity index (χ1) is 16.1. The molecule has 1 saturated heterocycles. The zero-order chi connectivity index (χ0) is 25.0. The molecule has 2 aromatic carbocycles. The summed E-state index contributed by atoms with van der Waals surface area (Å²) >= 11 is 0.655. The van der Waals surface area contributed by atoms with E-state index >= 15 is 0 Å². The Labute approximate surface area is 196 Å². The van der Waals surface area contributed by atoms with Crippen LogP contribution in [0.1, 0.15) is 15.9 Å². The van der Waals surface area contributed by atoms with Gasteiger partial charge in [-0.15, -0.1) is 0 Å². The van der Waals surface area contributed by atoms with Crippen LogP contribution in [0, 0.1) is 10.1 Å². The van der Waals surface area contributed by atoms with Crippen LogP contribution in [0.4, 0.5) is 10.5 Å². The number of nitrogens with zero attached hydrogens (tertiary/aromatic N) is 2. The molecule has 34 heavy (non-hydrogen) atoms. The molecule has 1 fully saturated rings. The molecule has 1 aliphatic heterocycles. The number of benzene rings is 2. The zero-order valence-corrected chi connectivity index (χ0v) is 18.6. The molecule has 0 bridgehead atoms. The lowest BCUT2D eigenvalue weighted by Crippen LogP contribution is -2.36. The number of rotatable bonds is 8. The van der Waals surface area contributed by atoms with Crippen molar-refractivity contribution in [2.24, 2.45) is 5.73 Å². The molecule has 3 amide bonds. The SMILES string of the molecule is COC(=O)c1ccc(Oc2ccc(/C=C3\SC(=O)N(CC(N)=O)C3=O)cc2OC)c([N+](=O)[O-])c1. The molecule has 176 valence electrons. The minimum atomic E-state index is -0.819. The molecule has 2 aromatic rings. The Morgan fingerprint density at radius 2 is 1.82 bits per heavy atom. The summed E-state index contributed by atoms with van der Waals surface area (Å²) in [4.78, 5) is 58.7. The van der Waals surface area contributed by atoms with E-state index in [-0.39, 0.29) is 27.7 Å². The van der Waals surface area contributed by atoms with Gasteiger partial charge in [0.25, 0.3) is 11.1 Å². The average Bonchev–Trinajstić information content (AvgIpc) is 3.06. The number of hydrogen-bond acceptors (Lipinski definition) is 10. The number of carbonyl (C=O) groups excluding carboxylic acids is 4. The molecule has 2 N–H and O–H groups in total. The molecule has 0 radical (unpaired) electrons. The first kappa shape index (κ1) is 24.3. The van der Waals surface area contributed by atoms with Crippen molar-refractivity contribution in [3.63, 3.8) is 0 Å². The van der Waals surface area contributed by atoms with E-state index in [0.717, 1.165) is 18.1 Å². The molecule has 0 aromatic heterocycles. The Balaban J connectivity index is 1.90. The Morgan fingerprint density at radius 1 is 1.12 bits per heavy atom. The van der Waals surface area contributed by atoms with Crippen LogP contribution >= 0.6 is 11.8 Å². The summed E-state index contributed by atoms with van der Waals surface area (Å²) < 4.78 is 15.5. The molecule has 13 heteroatoms. The third-order valence-electron chi connectivity index (χ3n) is 4.47. The van der Waals surface area contributed by atoms with Crippen LogP contribution in [-0.2, 0) is 14.3 Å². The number of nitrogens with two attached hydrogens (primary N) is 1. The van der Waals surface area contributed by atoms with Crippen LogP contribution in [0.2, 0.25) is 0 Å². The van der Waals surface area contributed by atoms with Crippen molar-refractivity contribution in [1.82, 2.24) is 4.90 Å². The first-order valence-corrected chi connectivity index (χ1v) is 10.2. The Kier molecular flexibility index (Phi) is 7.16. The van der Waals surface area contributed by atoms with E-state index in [1.165, 1.54) is 43.5 Å². The fraction of sp³-hybridized carbons (Fsp3) is 0.143. The number of thioether (sulfide) groups is 1. The molecule has 0 spiro atoms. The van der Waals surface area contributed by atoms with Gasteiger partial charge in [0.2, 0.25) is 11.7 Å². The van der Waals surface area contributed by atoms with Crippen molar-refractivity contribution < 1.29 is 38.3 Å². The summed E-state index contributed by atoms with van der Waals surface area (Å²) in [5.74, 6) is -2.06. The maximum absolute atomic E-state index is 12.4. The molecule has 0 saturated carbocycles. The van der Waals surface area contributed by atoms with Crippen molar-refractivity contribution in [1.29, 1.82) is 0 Å². The van der Waals surface area contributed by atoms with E-state index in [2.05, 4.69) is 4.74 Å². The van der Waals surface area contributed by atoms with Gasteiger partial charge >= 0.3 is 11.7 Å². The predicted octanol–water partition coefficient (Wildman–Crippen LogP) is 2.70. The number of carbonyl (C=O) groups is 4. The molecule has 0 unspecified atom stereocenters. The van der Waals surface area contributed by atoms with Gasteiger partial charge in [-0.3, -0.25) is 29.4 Å². The average molecular weight is 487 g/mol. The highest BCUT2D eigenvalue weighted by Gasteiger charge is 2.35. The molecule has 1 heterocycles. The lowest BCUT2D eigenvalue weighted by atomic mass is 10.1. The number of esters is 1. The zero-order valence-electron chi connectivity index (χ0n) is 17.8. The number of nitro benzene ring substituents is 1. The van der Waals surface area contributed by atoms with Crippen LogP contribution < -0.4 is 15.2 Å². The number of nitro groups is 1. The first-order valence-electron chi connectivity index (χ1n) is 9.41. The molecule has 1 aliphatic rings. The summed E-state index contributed by atoms with van der Waals surface area (Å²) in [7, 11) is 2.50. The number of ether oxygens (including phenoxy) is 3. The van der Waals surface area contributed by atoms with Crippen molar-refractivity contribution in [3.8, 4) is 17.2 Å². The fourth-order valence-corrected chi connectivity index (χ4v) is 3.75. The van der Waals surface area contributed by atoms with Crippen molar-refractivity contribution in [3.05, 3.63) is 62.5 Å². The number of amides is 3. The fourth-order valence-electron chi connectivity index (χ4n) is 2.91. The summed E-state index contributed by atoms with van der Waals surface area (Å²) in [6.07, 6.45) is 1.42. The molecule has 3 rings (SSSR count). The van der Waals surface area contributed by atoms with E-state index in [1.807, 2.05) is 0 Å². The van der Waals surface area contributed by atoms with Crippen LogP contribution in [-0.4, -0.2) is 53.6 Å². The van der Waals surface area contributed by atoms with Gasteiger partial charge in [-0.25, -0.2) is 4.79 Å². The Hall–Kier alpha value is -4.39. The quantitative estimate of drug-likeness (QED) is 0.253. The van der Waals surface area contributed by atoms with Gasteiger partial charge in [-0.05, 0) is 47.7 Å². The van der Waals surface area contributed by atoms with Gasteiger partial charge in [0, 0.05) is 6.07 Å². The molecular formula is C21H17N3O9S. The van der Waals surface area contributed by atoms with Crippen LogP contribution in [0.5, 0.6) is 17.2 Å². The molecule has 0 atom stereocenters. The maximum Gasteiger partial charge on any atom is 0.338 e. The van der Waals surface area contributed by atoms with E-state index < -0.39 is 40.2 Å². The lowest BCUT2D eigenvalue weighted by Gasteiger charge is -2.12.